The van der Waals surface area contributed by atoms with E-state index < -0.39 is 36.8 Å². The Morgan fingerprint density at radius 2 is 1.50 bits per heavy atom. The van der Waals surface area contributed by atoms with E-state index in [0.29, 0.717) is 6.42 Å². The highest BCUT2D eigenvalue weighted by Gasteiger charge is 2.33. The van der Waals surface area contributed by atoms with Crippen LogP contribution in [0.25, 0.3) is 0 Å². The molecule has 0 saturated carbocycles. The molecule has 146 valence electrons. The Bertz CT molecular complexity index is 320. The van der Waals surface area contributed by atoms with Crippen LogP contribution < -0.4 is 0 Å². The summed E-state index contributed by atoms with van der Waals surface area (Å²) in [5, 5.41) is 54.2. The molecule has 0 bridgehead atoms. The van der Waals surface area contributed by atoms with E-state index in [1.165, 1.54) is 0 Å². The molecule has 24 heavy (non-hydrogen) atoms. The predicted octanol–water partition coefficient (Wildman–Crippen LogP) is -1.74. The van der Waals surface area contributed by atoms with Crippen molar-refractivity contribution < 1.29 is 39.9 Å². The second kappa shape index (κ2) is 13.7. The summed E-state index contributed by atoms with van der Waals surface area (Å²) in [5.41, 5.74) is 0. The van der Waals surface area contributed by atoms with Gasteiger partial charge in [0.15, 0.2) is 5.78 Å². The zero-order valence-electron chi connectivity index (χ0n) is 15.3. The third-order valence-electron chi connectivity index (χ3n) is 3.38. The molecule has 6 N–H and O–H groups in total. The summed E-state index contributed by atoms with van der Waals surface area (Å²) in [4.78, 5) is 11.4. The van der Waals surface area contributed by atoms with Gasteiger partial charge in [-0.2, -0.15) is 0 Å². The lowest BCUT2D eigenvalue weighted by atomic mass is 9.97. The molecule has 0 aliphatic rings. The Labute approximate surface area is 144 Å². The number of hydrogen-bond acceptors (Lipinski definition) is 7. The van der Waals surface area contributed by atoms with Crippen LogP contribution >= 0.6 is 0 Å². The average molecular weight is 354 g/mol. The average Bonchev–Trinajstić information content (AvgIpc) is 2.51. The molecular formula is C16H36NO7+. The fourth-order valence-electron chi connectivity index (χ4n) is 1.71. The van der Waals surface area contributed by atoms with Crippen molar-refractivity contribution in [3.05, 3.63) is 0 Å². The van der Waals surface area contributed by atoms with Crippen LogP contribution in [0.3, 0.4) is 0 Å². The molecule has 0 aliphatic carbocycles. The molecule has 0 aliphatic heterocycles. The van der Waals surface area contributed by atoms with Crippen LogP contribution in [0.15, 0.2) is 0 Å². The number of carbonyl (C=O) groups is 1. The molecule has 0 heterocycles. The normalized spacial score (nSPS) is 16.6. The molecule has 0 aromatic rings. The highest BCUT2D eigenvalue weighted by Crippen LogP contribution is 2.09. The van der Waals surface area contributed by atoms with E-state index in [1.807, 2.05) is 6.92 Å². The molecule has 0 aromatic carbocycles. The van der Waals surface area contributed by atoms with Crippen molar-refractivity contribution in [2.75, 3.05) is 40.9 Å². The van der Waals surface area contributed by atoms with Gasteiger partial charge in [-0.05, 0) is 6.42 Å². The molecule has 0 amide bonds. The molecule has 0 rings (SSSR count). The SMILES string of the molecule is CCCCCC(=O)C(O)C(O)C(O)C(O)CO.C[N+](C)(C)CCO. The molecular weight excluding hydrogens is 318 g/mol. The summed E-state index contributed by atoms with van der Waals surface area (Å²) in [6, 6.07) is 0. The van der Waals surface area contributed by atoms with E-state index in [4.69, 9.17) is 15.3 Å². The number of aliphatic hydroxyl groups is 6. The molecule has 4 atom stereocenters. The second-order valence-corrected chi connectivity index (χ2v) is 6.84. The van der Waals surface area contributed by atoms with Gasteiger partial charge in [-0.3, -0.25) is 4.79 Å². The summed E-state index contributed by atoms with van der Waals surface area (Å²) in [6.45, 7) is 2.33. The summed E-state index contributed by atoms with van der Waals surface area (Å²) in [5.74, 6) is -0.574. The highest BCUT2D eigenvalue weighted by molar-refractivity contribution is 5.83. The Kier molecular flexibility index (Phi) is 14.6. The fourth-order valence-corrected chi connectivity index (χ4v) is 1.71. The van der Waals surface area contributed by atoms with E-state index in [9.17, 15) is 20.1 Å². The maximum atomic E-state index is 11.4. The van der Waals surface area contributed by atoms with Crippen LogP contribution in [-0.4, -0.2) is 106 Å². The maximum Gasteiger partial charge on any atom is 0.164 e. The van der Waals surface area contributed by atoms with Crippen LogP contribution in [0, 0.1) is 0 Å². The van der Waals surface area contributed by atoms with E-state index in [2.05, 4.69) is 21.1 Å². The fraction of sp³-hybridized carbons (Fsp3) is 0.938. The van der Waals surface area contributed by atoms with E-state index in [-0.39, 0.29) is 13.0 Å². The molecule has 4 unspecified atom stereocenters. The number of unbranched alkanes of at least 4 members (excludes halogenated alkanes) is 2. The second-order valence-electron chi connectivity index (χ2n) is 6.84. The smallest absolute Gasteiger partial charge is 0.164 e. The third kappa shape index (κ3) is 12.8. The maximum absolute atomic E-state index is 11.4. The van der Waals surface area contributed by atoms with Crippen molar-refractivity contribution in [2.45, 2.75) is 57.0 Å². The molecule has 0 fully saturated rings. The number of quaternary nitrogens is 1. The van der Waals surface area contributed by atoms with Gasteiger partial charge < -0.3 is 35.1 Å². The van der Waals surface area contributed by atoms with Gasteiger partial charge in [0.25, 0.3) is 0 Å². The first-order valence-electron chi connectivity index (χ1n) is 8.28. The van der Waals surface area contributed by atoms with Gasteiger partial charge in [-0.15, -0.1) is 0 Å². The zero-order chi connectivity index (χ0) is 19.3. The largest absolute Gasteiger partial charge is 0.394 e. The first-order chi connectivity index (χ1) is 11.0. The standard InChI is InChI=1S/C11H22O6.C5H14NO/c1-2-3-4-5-7(13)9(15)11(17)10(16)8(14)6-12;1-6(2,3)4-5-7/h8-12,14-17H,2-6H2,1H3;7H,4-5H2,1-3H3/q;+1. The van der Waals surface area contributed by atoms with Crippen LogP contribution in [0.1, 0.15) is 32.6 Å². The van der Waals surface area contributed by atoms with Gasteiger partial charge in [0.1, 0.15) is 31.0 Å². The van der Waals surface area contributed by atoms with E-state index in [1.54, 1.807) is 0 Å². The van der Waals surface area contributed by atoms with Crippen molar-refractivity contribution >= 4 is 5.78 Å². The summed E-state index contributed by atoms with van der Waals surface area (Å²) >= 11 is 0. The third-order valence-corrected chi connectivity index (χ3v) is 3.38. The molecule has 0 radical (unpaired) electrons. The Morgan fingerprint density at radius 3 is 1.83 bits per heavy atom. The minimum absolute atomic E-state index is 0.119. The monoisotopic (exact) mass is 354 g/mol. The van der Waals surface area contributed by atoms with E-state index in [0.717, 1.165) is 23.9 Å². The Morgan fingerprint density at radius 1 is 0.958 bits per heavy atom. The van der Waals surface area contributed by atoms with Crippen molar-refractivity contribution in [2.24, 2.45) is 0 Å². The zero-order valence-corrected chi connectivity index (χ0v) is 15.3. The summed E-state index contributed by atoms with van der Waals surface area (Å²) in [7, 11) is 6.16. The quantitative estimate of drug-likeness (QED) is 0.191. The number of hydrogen-bond donors (Lipinski definition) is 6. The number of nitrogens with zero attached hydrogens (tertiary/aromatic N) is 1. The lowest BCUT2D eigenvalue weighted by molar-refractivity contribution is -0.870. The lowest BCUT2D eigenvalue weighted by Gasteiger charge is -2.24. The lowest BCUT2D eigenvalue weighted by Crippen LogP contribution is -2.48. The van der Waals surface area contributed by atoms with E-state index >= 15 is 0 Å². The number of Topliss-reactive ketones (excluding diaryl/α,β-unsaturated/α-hetero) is 1. The first-order valence-corrected chi connectivity index (χ1v) is 8.28. The minimum Gasteiger partial charge on any atom is -0.394 e. The first kappa shape index (κ1) is 25.6. The number of carbonyl (C=O) groups excluding carboxylic acids is 1. The van der Waals surface area contributed by atoms with Gasteiger partial charge in [0.05, 0.1) is 34.4 Å². The van der Waals surface area contributed by atoms with Crippen LogP contribution in [-0.2, 0) is 4.79 Å². The van der Waals surface area contributed by atoms with Gasteiger partial charge in [0.2, 0.25) is 0 Å². The predicted molar refractivity (Wildman–Crippen MR) is 90.2 cm³/mol. The van der Waals surface area contributed by atoms with Crippen LogP contribution in [0.2, 0.25) is 0 Å². The summed E-state index contributed by atoms with van der Waals surface area (Å²) in [6.07, 6.45) is -4.34. The molecule has 0 aromatic heterocycles. The highest BCUT2D eigenvalue weighted by atomic mass is 16.4. The molecule has 8 heteroatoms. The number of likely N-dealkylation sites (N-methyl/N-ethyl adjacent to an activating group) is 1. The number of aliphatic hydroxyl groups excluding tert-OH is 6. The van der Waals surface area contributed by atoms with Gasteiger partial charge in [-0.25, -0.2) is 0 Å². The summed E-state index contributed by atoms with van der Waals surface area (Å²) < 4.78 is 0.844. The van der Waals surface area contributed by atoms with Crippen molar-refractivity contribution in [3.63, 3.8) is 0 Å². The molecule has 0 spiro atoms. The Balaban J connectivity index is 0. The van der Waals surface area contributed by atoms with Gasteiger partial charge >= 0.3 is 0 Å². The van der Waals surface area contributed by atoms with Gasteiger partial charge in [0, 0.05) is 6.42 Å². The molecule has 8 nitrogen and oxygen atoms in total. The minimum atomic E-state index is -1.79. The van der Waals surface area contributed by atoms with Crippen molar-refractivity contribution in [3.8, 4) is 0 Å². The van der Waals surface area contributed by atoms with Crippen molar-refractivity contribution in [1.82, 2.24) is 0 Å². The van der Waals surface area contributed by atoms with Gasteiger partial charge in [-0.1, -0.05) is 19.8 Å². The molecule has 0 saturated heterocycles. The van der Waals surface area contributed by atoms with Crippen LogP contribution in [0.5, 0.6) is 0 Å². The number of ketones is 1. The topological polar surface area (TPSA) is 138 Å². The number of rotatable bonds is 11. The van der Waals surface area contributed by atoms with Crippen molar-refractivity contribution in [1.29, 1.82) is 0 Å². The Hall–Kier alpha value is -0.610. The van der Waals surface area contributed by atoms with Crippen LogP contribution in [0.4, 0.5) is 0 Å².